The van der Waals surface area contributed by atoms with Crippen LogP contribution in [0.4, 0.5) is 29.3 Å². The molecule has 0 unspecified atom stereocenters. The first-order valence-electron chi connectivity index (χ1n) is 9.63. The zero-order valence-electron chi connectivity index (χ0n) is 17.3. The molecule has 1 fully saturated rings. The fraction of sp³-hybridized carbons (Fsp3) is 0.444. The number of carbonyl (C=O) groups excluding carboxylic acids is 1. The Morgan fingerprint density at radius 2 is 2.00 bits per heavy atom. The molecule has 0 radical (unpaired) electrons. The number of nitrogens with one attached hydrogen (secondary N) is 2. The predicted octanol–water partition coefficient (Wildman–Crippen LogP) is 2.42. The van der Waals surface area contributed by atoms with Gasteiger partial charge in [0.2, 0.25) is 0 Å². The number of hydrogen-bond acceptors (Lipinski definition) is 6. The molecule has 0 bridgehead atoms. The molecule has 3 rings (SSSR count). The van der Waals surface area contributed by atoms with Crippen LogP contribution in [0.5, 0.6) is 5.75 Å². The molecule has 0 aliphatic carbocycles. The third kappa shape index (κ3) is 8.20. The van der Waals surface area contributed by atoms with Crippen LogP contribution in [0.25, 0.3) is 0 Å². The van der Waals surface area contributed by atoms with E-state index in [4.69, 9.17) is 16.3 Å². The Hall–Kier alpha value is -1.71. The average molecular weight is 536 g/mol. The van der Waals surface area contributed by atoms with Crippen molar-refractivity contribution in [3.63, 3.8) is 0 Å². The Bertz CT molecular complexity index is 1100. The second-order valence-corrected chi connectivity index (χ2v) is 9.14. The Labute approximate surface area is 221 Å². The number of carbonyl (C=O) groups is 1. The minimum atomic E-state index is -4.57. The molecule has 1 aromatic carbocycles. The normalized spacial score (nSPS) is 14.7. The predicted molar refractivity (Wildman–Crippen MR) is 121 cm³/mol. The van der Waals surface area contributed by atoms with Crippen LogP contribution in [0.1, 0.15) is 12.8 Å². The molecule has 184 valence electrons. The average Bonchev–Trinajstić information content (AvgIpc) is 3.11. The number of amides is 2. The van der Waals surface area contributed by atoms with Crippen LogP contribution in [0.2, 0.25) is 5.02 Å². The van der Waals surface area contributed by atoms with Gasteiger partial charge in [-0.05, 0) is 25.0 Å². The minimum absolute atomic E-state index is 0. The molecule has 1 aromatic heterocycles. The van der Waals surface area contributed by atoms with Crippen LogP contribution in [0.3, 0.4) is 0 Å². The third-order valence-electron chi connectivity index (χ3n) is 4.48. The molecular formula is C18H22ClF3N5NaO5S. The van der Waals surface area contributed by atoms with Crippen molar-refractivity contribution < 1.29 is 35.9 Å². The fourth-order valence-corrected chi connectivity index (χ4v) is 4.78. The molecule has 2 aromatic rings. The molecule has 34 heavy (non-hydrogen) atoms. The second-order valence-electron chi connectivity index (χ2n) is 7.15. The second kappa shape index (κ2) is 11.8. The van der Waals surface area contributed by atoms with E-state index in [2.05, 4.69) is 15.2 Å². The number of aromatic nitrogens is 2. The number of halogens is 4. The quantitative estimate of drug-likeness (QED) is 0.526. The van der Waals surface area contributed by atoms with Crippen molar-refractivity contribution >= 4 is 68.8 Å². The van der Waals surface area contributed by atoms with Gasteiger partial charge in [0.25, 0.3) is 0 Å². The number of anilines is 2. The molecular weight excluding hydrogens is 514 g/mol. The van der Waals surface area contributed by atoms with E-state index in [1.807, 2.05) is 4.72 Å². The van der Waals surface area contributed by atoms with Gasteiger partial charge in [0.1, 0.15) is 5.75 Å². The van der Waals surface area contributed by atoms with Crippen molar-refractivity contribution in [3.05, 3.63) is 35.6 Å². The van der Waals surface area contributed by atoms with Gasteiger partial charge in [-0.3, -0.25) is 4.68 Å². The van der Waals surface area contributed by atoms with Gasteiger partial charge >= 0.3 is 52.0 Å². The zero-order chi connectivity index (χ0) is 24.2. The standard InChI is InChI=1S/C18H21ClF3N5O5S.Na.H/c1-26-10-15(9-23-26)27(14-2-4-31-5-3-14)33(29,30)25-17(28)24-13-6-12(19)7-16(8-13)32-11-18(20,21)22;;/h6-10,14H,2-5,11H2,1H3,(H2,24,25,28);;. The fourth-order valence-electron chi connectivity index (χ4n) is 3.19. The first-order chi connectivity index (χ1) is 15.4. The summed E-state index contributed by atoms with van der Waals surface area (Å²) in [6.07, 6.45) is -0.903. The SMILES string of the molecule is Cn1cc(N(C2CCOCC2)S(=O)(=O)NC(=O)Nc2cc(Cl)cc(OCC(F)(F)F)c2)cn1.[NaH]. The van der Waals surface area contributed by atoms with E-state index >= 15 is 0 Å². The summed E-state index contributed by atoms with van der Waals surface area (Å²) in [7, 11) is -2.76. The van der Waals surface area contributed by atoms with Crippen LogP contribution in [-0.2, 0) is 22.0 Å². The van der Waals surface area contributed by atoms with Gasteiger partial charge in [0.15, 0.2) is 6.61 Å². The molecule has 16 heteroatoms. The molecule has 1 aliphatic heterocycles. The van der Waals surface area contributed by atoms with E-state index < -0.39 is 35.1 Å². The van der Waals surface area contributed by atoms with Crippen LogP contribution < -0.4 is 19.1 Å². The summed E-state index contributed by atoms with van der Waals surface area (Å²) >= 11 is 5.87. The molecule has 2 N–H and O–H groups in total. The first-order valence-corrected chi connectivity index (χ1v) is 11.4. The van der Waals surface area contributed by atoms with Crippen molar-refractivity contribution in [2.45, 2.75) is 25.1 Å². The van der Waals surface area contributed by atoms with Crippen molar-refractivity contribution in [3.8, 4) is 5.75 Å². The summed E-state index contributed by atoms with van der Waals surface area (Å²) in [6, 6.07) is 1.83. The van der Waals surface area contributed by atoms with E-state index in [0.29, 0.717) is 26.1 Å². The number of aryl methyl sites for hydroxylation is 1. The summed E-state index contributed by atoms with van der Waals surface area (Å²) < 4.78 is 77.6. The Morgan fingerprint density at radius 1 is 1.32 bits per heavy atom. The third-order valence-corrected chi connectivity index (χ3v) is 6.17. The summed E-state index contributed by atoms with van der Waals surface area (Å²) in [5.74, 6) is -0.253. The zero-order valence-corrected chi connectivity index (χ0v) is 18.9. The van der Waals surface area contributed by atoms with E-state index in [-0.39, 0.29) is 51.7 Å². The Balaban J connectivity index is 0.00000408. The van der Waals surface area contributed by atoms with Crippen molar-refractivity contribution in [2.75, 3.05) is 29.4 Å². The number of rotatable bonds is 7. The molecule has 0 saturated carbocycles. The van der Waals surface area contributed by atoms with E-state index in [9.17, 15) is 26.4 Å². The van der Waals surface area contributed by atoms with Gasteiger partial charge in [-0.25, -0.2) is 13.8 Å². The van der Waals surface area contributed by atoms with Crippen molar-refractivity contribution in [1.29, 1.82) is 0 Å². The van der Waals surface area contributed by atoms with Crippen molar-refractivity contribution in [1.82, 2.24) is 14.5 Å². The number of nitrogens with zero attached hydrogens (tertiary/aromatic N) is 3. The van der Waals surface area contributed by atoms with Gasteiger partial charge in [-0.2, -0.15) is 26.7 Å². The molecule has 10 nitrogen and oxygen atoms in total. The Morgan fingerprint density at radius 3 is 2.59 bits per heavy atom. The van der Waals surface area contributed by atoms with Crippen molar-refractivity contribution in [2.24, 2.45) is 7.05 Å². The molecule has 0 atom stereocenters. The van der Waals surface area contributed by atoms with Gasteiger partial charge in [-0.15, -0.1) is 0 Å². The maximum atomic E-state index is 13.1. The first kappa shape index (κ1) is 28.5. The van der Waals surface area contributed by atoms with Crippen LogP contribution in [0.15, 0.2) is 30.6 Å². The number of benzene rings is 1. The van der Waals surface area contributed by atoms with Crippen LogP contribution >= 0.6 is 11.6 Å². The van der Waals surface area contributed by atoms with Crippen LogP contribution in [0, 0.1) is 0 Å². The summed E-state index contributed by atoms with van der Waals surface area (Å²) in [5.41, 5.74) is 0.196. The number of ether oxygens (including phenoxy) is 2. The van der Waals surface area contributed by atoms with Gasteiger partial charge in [-0.1, -0.05) is 11.6 Å². The van der Waals surface area contributed by atoms with E-state index in [1.165, 1.54) is 23.1 Å². The summed E-state index contributed by atoms with van der Waals surface area (Å²) in [5, 5.41) is 6.21. The van der Waals surface area contributed by atoms with Crippen LogP contribution in [-0.4, -0.2) is 85.8 Å². The monoisotopic (exact) mass is 535 g/mol. The van der Waals surface area contributed by atoms with E-state index in [1.54, 1.807) is 7.05 Å². The molecule has 2 amide bonds. The topological polar surface area (TPSA) is 115 Å². The maximum absolute atomic E-state index is 13.1. The molecule has 2 heterocycles. The number of alkyl halides is 3. The molecule has 0 spiro atoms. The number of hydrogen-bond donors (Lipinski definition) is 2. The summed E-state index contributed by atoms with van der Waals surface area (Å²) in [6.45, 7) is -0.850. The summed E-state index contributed by atoms with van der Waals surface area (Å²) in [4.78, 5) is 12.5. The number of urea groups is 1. The van der Waals surface area contributed by atoms with Gasteiger partial charge in [0, 0.05) is 43.2 Å². The Kier molecular flexibility index (Phi) is 9.91. The molecule has 1 saturated heterocycles. The van der Waals surface area contributed by atoms with Gasteiger partial charge < -0.3 is 14.8 Å². The van der Waals surface area contributed by atoms with E-state index in [0.717, 1.165) is 16.4 Å². The van der Waals surface area contributed by atoms with Gasteiger partial charge in [0.05, 0.1) is 17.9 Å². The molecule has 1 aliphatic rings.